The predicted octanol–water partition coefficient (Wildman–Crippen LogP) is 3.56. The van der Waals surface area contributed by atoms with Crippen LogP contribution in [0.3, 0.4) is 0 Å². The molecule has 0 aliphatic carbocycles. The topological polar surface area (TPSA) is 117 Å². The van der Waals surface area contributed by atoms with Crippen LogP contribution in [0.5, 0.6) is 23.1 Å². The summed E-state index contributed by atoms with van der Waals surface area (Å²) >= 11 is 0. The highest BCUT2D eigenvalue weighted by molar-refractivity contribution is 6.01. The zero-order valence-electron chi connectivity index (χ0n) is 16.9. The number of hydrogen-bond donors (Lipinski definition) is 3. The van der Waals surface area contributed by atoms with Gasteiger partial charge in [0, 0.05) is 24.8 Å². The molecular formula is C21H24N4O4. The molecule has 1 amide bonds. The van der Waals surface area contributed by atoms with Crippen molar-refractivity contribution < 1.29 is 19.4 Å². The summed E-state index contributed by atoms with van der Waals surface area (Å²) in [5.74, 6) is 1.01. The second kappa shape index (κ2) is 7.97. The number of carbonyl (C=O) groups is 1. The molecule has 29 heavy (non-hydrogen) atoms. The third kappa shape index (κ3) is 4.76. The Kier molecular flexibility index (Phi) is 5.62. The maximum absolute atomic E-state index is 12.8. The van der Waals surface area contributed by atoms with Crippen LogP contribution in [0.15, 0.2) is 24.4 Å². The van der Waals surface area contributed by atoms with Gasteiger partial charge in [-0.2, -0.15) is 5.26 Å². The van der Waals surface area contributed by atoms with Gasteiger partial charge in [-0.15, -0.1) is 0 Å². The molecule has 3 N–H and O–H groups in total. The molecule has 1 aromatic carbocycles. The summed E-state index contributed by atoms with van der Waals surface area (Å²) in [7, 11) is 0. The lowest BCUT2D eigenvalue weighted by Crippen LogP contribution is -2.31. The van der Waals surface area contributed by atoms with Gasteiger partial charge in [0.05, 0.1) is 28.5 Å². The van der Waals surface area contributed by atoms with Crippen molar-refractivity contribution in [3.05, 3.63) is 35.5 Å². The Morgan fingerprint density at radius 1 is 1.31 bits per heavy atom. The Hall–Kier alpha value is -3.31. The van der Waals surface area contributed by atoms with E-state index >= 15 is 0 Å². The molecule has 0 atom stereocenters. The van der Waals surface area contributed by atoms with Crippen molar-refractivity contribution in [3.8, 4) is 29.2 Å². The van der Waals surface area contributed by atoms with Crippen molar-refractivity contribution in [1.82, 2.24) is 10.3 Å². The maximum Gasteiger partial charge on any atom is 0.265 e. The summed E-state index contributed by atoms with van der Waals surface area (Å²) < 4.78 is 11.8. The molecule has 0 saturated heterocycles. The smallest absolute Gasteiger partial charge is 0.265 e. The fraction of sp³-hybridized carbons (Fsp3) is 0.381. The summed E-state index contributed by atoms with van der Waals surface area (Å²) in [5.41, 5.74) is 0.317. The van der Waals surface area contributed by atoms with Crippen molar-refractivity contribution in [2.75, 3.05) is 11.9 Å². The van der Waals surface area contributed by atoms with Gasteiger partial charge in [-0.25, -0.2) is 4.98 Å². The van der Waals surface area contributed by atoms with Crippen molar-refractivity contribution in [2.24, 2.45) is 0 Å². The molecule has 152 valence electrons. The molecule has 1 aliphatic heterocycles. The summed E-state index contributed by atoms with van der Waals surface area (Å²) in [4.78, 5) is 17.0. The second-order valence-electron chi connectivity index (χ2n) is 7.78. The fourth-order valence-corrected chi connectivity index (χ4v) is 2.78. The lowest BCUT2D eigenvalue weighted by atomic mass is 10.1. The summed E-state index contributed by atoms with van der Waals surface area (Å²) in [5, 5.41) is 25.0. The SMILES string of the molecule is CC(C)Nc1c(C(=O)NCCC(C)(C)O)cnc2c1Oc1cc(C#N)ccc1O2. The number of nitriles is 1. The molecule has 0 fully saturated rings. The Morgan fingerprint density at radius 3 is 2.72 bits per heavy atom. The van der Waals surface area contributed by atoms with E-state index in [2.05, 4.69) is 21.7 Å². The second-order valence-corrected chi connectivity index (χ2v) is 7.78. The van der Waals surface area contributed by atoms with Gasteiger partial charge in [-0.3, -0.25) is 4.79 Å². The van der Waals surface area contributed by atoms with E-state index in [1.165, 1.54) is 6.20 Å². The van der Waals surface area contributed by atoms with Gasteiger partial charge in [-0.05, 0) is 46.2 Å². The average molecular weight is 396 g/mol. The molecule has 0 radical (unpaired) electrons. The molecular weight excluding hydrogens is 372 g/mol. The first-order valence-electron chi connectivity index (χ1n) is 9.38. The molecule has 2 aromatic rings. The highest BCUT2D eigenvalue weighted by atomic mass is 16.6. The number of pyridine rings is 1. The minimum absolute atomic E-state index is 0.0138. The number of amides is 1. The molecule has 8 nitrogen and oxygen atoms in total. The molecule has 8 heteroatoms. The Morgan fingerprint density at radius 2 is 2.07 bits per heavy atom. The van der Waals surface area contributed by atoms with Crippen LogP contribution in [0.2, 0.25) is 0 Å². The van der Waals surface area contributed by atoms with Crippen LogP contribution < -0.4 is 20.1 Å². The summed E-state index contributed by atoms with van der Waals surface area (Å²) in [6, 6.07) is 6.93. The third-order valence-corrected chi connectivity index (χ3v) is 4.19. The first-order chi connectivity index (χ1) is 13.7. The van der Waals surface area contributed by atoms with Crippen LogP contribution in [-0.4, -0.2) is 34.2 Å². The van der Waals surface area contributed by atoms with Gasteiger partial charge in [0.25, 0.3) is 11.8 Å². The Bertz CT molecular complexity index is 974. The van der Waals surface area contributed by atoms with Crippen LogP contribution in [0.1, 0.15) is 50.0 Å². The highest BCUT2D eigenvalue weighted by Gasteiger charge is 2.28. The van der Waals surface area contributed by atoms with Crippen LogP contribution >= 0.6 is 0 Å². The number of aliphatic hydroxyl groups is 1. The molecule has 2 heterocycles. The maximum atomic E-state index is 12.8. The molecule has 1 aromatic heterocycles. The zero-order chi connectivity index (χ0) is 21.2. The number of anilines is 1. The first kappa shape index (κ1) is 20.4. The largest absolute Gasteiger partial charge is 0.445 e. The standard InChI is InChI=1S/C21H24N4O4/c1-12(2)25-17-14(19(26)23-8-7-21(3,4)27)11-24-20-18(17)28-16-9-13(10-22)5-6-15(16)29-20/h5-6,9,11-12,27H,7-8H2,1-4H3,(H,23,26)(H,24,25). The molecule has 0 bridgehead atoms. The van der Waals surface area contributed by atoms with E-state index in [4.69, 9.17) is 14.7 Å². The minimum atomic E-state index is -0.875. The van der Waals surface area contributed by atoms with Gasteiger partial charge in [0.1, 0.15) is 0 Å². The number of benzene rings is 1. The van der Waals surface area contributed by atoms with Crippen LogP contribution in [-0.2, 0) is 0 Å². The average Bonchev–Trinajstić information content (AvgIpc) is 2.64. The molecule has 0 unspecified atom stereocenters. The number of nitrogens with zero attached hydrogens (tertiary/aromatic N) is 2. The third-order valence-electron chi connectivity index (χ3n) is 4.19. The number of carbonyl (C=O) groups excluding carboxylic acids is 1. The number of aromatic nitrogens is 1. The summed E-state index contributed by atoms with van der Waals surface area (Å²) in [6.07, 6.45) is 1.84. The molecule has 0 spiro atoms. The lowest BCUT2D eigenvalue weighted by Gasteiger charge is -2.25. The van der Waals surface area contributed by atoms with E-state index in [0.29, 0.717) is 41.3 Å². The first-order valence-corrected chi connectivity index (χ1v) is 9.38. The number of rotatable bonds is 6. The highest BCUT2D eigenvalue weighted by Crippen LogP contribution is 2.49. The molecule has 0 saturated carbocycles. The quantitative estimate of drug-likeness (QED) is 0.583. The van der Waals surface area contributed by atoms with Crippen LogP contribution in [0.4, 0.5) is 5.69 Å². The van der Waals surface area contributed by atoms with Gasteiger partial charge in [0.15, 0.2) is 11.5 Å². The minimum Gasteiger partial charge on any atom is -0.445 e. The van der Waals surface area contributed by atoms with Gasteiger partial charge >= 0.3 is 0 Å². The van der Waals surface area contributed by atoms with E-state index in [0.717, 1.165) is 0 Å². The van der Waals surface area contributed by atoms with E-state index in [1.54, 1.807) is 32.0 Å². The van der Waals surface area contributed by atoms with E-state index < -0.39 is 5.60 Å². The van der Waals surface area contributed by atoms with Gasteiger partial charge in [0.2, 0.25) is 5.75 Å². The number of fused-ring (bicyclic) bond motifs is 2. The Balaban J connectivity index is 1.94. The van der Waals surface area contributed by atoms with E-state index in [-0.39, 0.29) is 23.6 Å². The molecule has 1 aliphatic rings. The molecule has 3 rings (SSSR count). The van der Waals surface area contributed by atoms with E-state index in [9.17, 15) is 9.90 Å². The van der Waals surface area contributed by atoms with Gasteiger partial charge < -0.3 is 25.2 Å². The van der Waals surface area contributed by atoms with Crippen LogP contribution in [0, 0.1) is 11.3 Å². The normalized spacial score (nSPS) is 12.2. The van der Waals surface area contributed by atoms with Crippen molar-refractivity contribution >= 4 is 11.6 Å². The summed E-state index contributed by atoms with van der Waals surface area (Å²) in [6.45, 7) is 7.56. The number of hydrogen-bond acceptors (Lipinski definition) is 7. The number of ether oxygens (including phenoxy) is 2. The fourth-order valence-electron chi connectivity index (χ4n) is 2.78. The van der Waals surface area contributed by atoms with Crippen LogP contribution in [0.25, 0.3) is 0 Å². The monoisotopic (exact) mass is 396 g/mol. The Labute approximate surface area is 169 Å². The van der Waals surface area contributed by atoms with E-state index in [1.807, 2.05) is 13.8 Å². The van der Waals surface area contributed by atoms with Crippen molar-refractivity contribution in [2.45, 2.75) is 45.8 Å². The van der Waals surface area contributed by atoms with Crippen molar-refractivity contribution in [3.63, 3.8) is 0 Å². The lowest BCUT2D eigenvalue weighted by molar-refractivity contribution is 0.0693. The van der Waals surface area contributed by atoms with Gasteiger partial charge in [-0.1, -0.05) is 0 Å². The predicted molar refractivity (Wildman–Crippen MR) is 108 cm³/mol. The zero-order valence-corrected chi connectivity index (χ0v) is 16.9. The van der Waals surface area contributed by atoms with Crippen molar-refractivity contribution in [1.29, 1.82) is 5.26 Å². The number of nitrogens with one attached hydrogen (secondary N) is 2.